The standard InChI is InChI=1S/C10H12O/c1-2-5-9(6-3-1)10-7-4-8-11-10/h1-2,4,7-9H,3,5-6H2. The van der Waals surface area contributed by atoms with Gasteiger partial charge in [0, 0.05) is 5.92 Å². The molecule has 0 saturated carbocycles. The highest BCUT2D eigenvalue weighted by Crippen LogP contribution is 2.28. The van der Waals surface area contributed by atoms with Crippen molar-refractivity contribution in [2.24, 2.45) is 0 Å². The molecule has 1 unspecified atom stereocenters. The molecule has 1 aromatic rings. The first-order valence-electron chi connectivity index (χ1n) is 4.15. The molecule has 1 nitrogen and oxygen atoms in total. The van der Waals surface area contributed by atoms with Crippen LogP contribution in [0.2, 0.25) is 0 Å². The second-order valence-corrected chi connectivity index (χ2v) is 3.00. The molecule has 1 atom stereocenters. The van der Waals surface area contributed by atoms with Gasteiger partial charge in [0.1, 0.15) is 5.76 Å². The molecule has 0 aliphatic heterocycles. The van der Waals surface area contributed by atoms with E-state index >= 15 is 0 Å². The predicted molar refractivity (Wildman–Crippen MR) is 44.4 cm³/mol. The summed E-state index contributed by atoms with van der Waals surface area (Å²) in [6, 6.07) is 4.04. The second kappa shape index (κ2) is 2.95. The van der Waals surface area contributed by atoms with Crippen molar-refractivity contribution in [1.82, 2.24) is 0 Å². The second-order valence-electron chi connectivity index (χ2n) is 3.00. The summed E-state index contributed by atoms with van der Waals surface area (Å²) in [4.78, 5) is 0. The largest absolute Gasteiger partial charge is 0.469 e. The number of furan rings is 1. The van der Waals surface area contributed by atoms with Crippen LogP contribution in [0.4, 0.5) is 0 Å². The normalized spacial score (nSPS) is 23.8. The molecular formula is C10H12O. The SMILES string of the molecule is C1=CCC(c2ccco2)CC1. The number of allylic oxidation sites excluding steroid dienone is 2. The fourth-order valence-corrected chi connectivity index (χ4v) is 1.58. The van der Waals surface area contributed by atoms with Gasteiger partial charge in [-0.05, 0) is 31.4 Å². The molecule has 2 rings (SSSR count). The maximum absolute atomic E-state index is 5.34. The maximum Gasteiger partial charge on any atom is 0.107 e. The lowest BCUT2D eigenvalue weighted by Gasteiger charge is -2.14. The van der Waals surface area contributed by atoms with E-state index in [2.05, 4.69) is 18.2 Å². The summed E-state index contributed by atoms with van der Waals surface area (Å²) in [7, 11) is 0. The zero-order valence-corrected chi connectivity index (χ0v) is 6.49. The number of rotatable bonds is 1. The molecule has 1 aliphatic carbocycles. The van der Waals surface area contributed by atoms with Crippen molar-refractivity contribution in [1.29, 1.82) is 0 Å². The lowest BCUT2D eigenvalue weighted by atomic mass is 9.92. The summed E-state index contributed by atoms with van der Waals surface area (Å²) in [5.41, 5.74) is 0. The Labute approximate surface area is 66.7 Å². The molecule has 0 fully saturated rings. The van der Waals surface area contributed by atoms with Crippen LogP contribution in [0, 0.1) is 0 Å². The highest BCUT2D eigenvalue weighted by molar-refractivity contribution is 5.09. The Hall–Kier alpha value is -0.980. The maximum atomic E-state index is 5.34. The predicted octanol–water partition coefficient (Wildman–Crippen LogP) is 3.10. The monoisotopic (exact) mass is 148 g/mol. The Morgan fingerprint density at radius 1 is 1.36 bits per heavy atom. The molecule has 0 saturated heterocycles. The van der Waals surface area contributed by atoms with Gasteiger partial charge in [-0.1, -0.05) is 12.2 Å². The molecule has 0 radical (unpaired) electrons. The third kappa shape index (κ3) is 1.37. The zero-order valence-electron chi connectivity index (χ0n) is 6.49. The minimum atomic E-state index is 0.634. The number of hydrogen-bond donors (Lipinski definition) is 0. The fourth-order valence-electron chi connectivity index (χ4n) is 1.58. The van der Waals surface area contributed by atoms with Crippen LogP contribution in [-0.4, -0.2) is 0 Å². The molecule has 1 heterocycles. The molecule has 58 valence electrons. The van der Waals surface area contributed by atoms with E-state index in [1.54, 1.807) is 6.26 Å². The van der Waals surface area contributed by atoms with Gasteiger partial charge >= 0.3 is 0 Å². The number of hydrogen-bond acceptors (Lipinski definition) is 1. The van der Waals surface area contributed by atoms with Crippen LogP contribution in [-0.2, 0) is 0 Å². The molecular weight excluding hydrogens is 136 g/mol. The summed E-state index contributed by atoms with van der Waals surface area (Å²) in [6.07, 6.45) is 9.84. The Balaban J connectivity index is 2.11. The van der Waals surface area contributed by atoms with Crippen molar-refractivity contribution in [2.75, 3.05) is 0 Å². The average Bonchev–Trinajstić information content (AvgIpc) is 2.58. The minimum absolute atomic E-state index is 0.634. The lowest BCUT2D eigenvalue weighted by molar-refractivity contribution is 0.443. The Bertz CT molecular complexity index is 233. The third-order valence-corrected chi connectivity index (χ3v) is 2.21. The average molecular weight is 148 g/mol. The van der Waals surface area contributed by atoms with E-state index in [1.807, 2.05) is 6.07 Å². The quantitative estimate of drug-likeness (QED) is 0.558. The van der Waals surface area contributed by atoms with Gasteiger partial charge in [0.15, 0.2) is 0 Å². The van der Waals surface area contributed by atoms with Crippen molar-refractivity contribution in [2.45, 2.75) is 25.2 Å². The fraction of sp³-hybridized carbons (Fsp3) is 0.400. The van der Waals surface area contributed by atoms with E-state index in [1.165, 1.54) is 12.8 Å². The zero-order chi connectivity index (χ0) is 7.52. The van der Waals surface area contributed by atoms with Crippen LogP contribution in [0.25, 0.3) is 0 Å². The van der Waals surface area contributed by atoms with E-state index < -0.39 is 0 Å². The van der Waals surface area contributed by atoms with Gasteiger partial charge in [0.2, 0.25) is 0 Å². The molecule has 0 bridgehead atoms. The van der Waals surface area contributed by atoms with E-state index in [-0.39, 0.29) is 0 Å². The van der Waals surface area contributed by atoms with Gasteiger partial charge in [-0.3, -0.25) is 0 Å². The van der Waals surface area contributed by atoms with Gasteiger partial charge in [0.05, 0.1) is 6.26 Å². The summed E-state index contributed by atoms with van der Waals surface area (Å²) >= 11 is 0. The highest BCUT2D eigenvalue weighted by Gasteiger charge is 2.13. The van der Waals surface area contributed by atoms with Crippen molar-refractivity contribution < 1.29 is 4.42 Å². The topological polar surface area (TPSA) is 13.1 Å². The first kappa shape index (κ1) is 6.71. The molecule has 0 amide bonds. The third-order valence-electron chi connectivity index (χ3n) is 2.21. The van der Waals surface area contributed by atoms with Crippen molar-refractivity contribution in [3.05, 3.63) is 36.3 Å². The summed E-state index contributed by atoms with van der Waals surface area (Å²) in [5.74, 6) is 1.78. The van der Waals surface area contributed by atoms with Crippen molar-refractivity contribution >= 4 is 0 Å². The Morgan fingerprint density at radius 2 is 2.36 bits per heavy atom. The molecule has 1 aromatic heterocycles. The molecule has 11 heavy (non-hydrogen) atoms. The molecule has 1 heteroatoms. The van der Waals surface area contributed by atoms with E-state index in [0.29, 0.717) is 5.92 Å². The Morgan fingerprint density at radius 3 is 3.00 bits per heavy atom. The van der Waals surface area contributed by atoms with Crippen LogP contribution in [0.3, 0.4) is 0 Å². The first-order chi connectivity index (χ1) is 5.47. The van der Waals surface area contributed by atoms with Crippen LogP contribution >= 0.6 is 0 Å². The van der Waals surface area contributed by atoms with Crippen molar-refractivity contribution in [3.8, 4) is 0 Å². The van der Waals surface area contributed by atoms with Crippen LogP contribution in [0.1, 0.15) is 30.9 Å². The molecule has 1 aliphatic rings. The van der Waals surface area contributed by atoms with E-state index in [0.717, 1.165) is 12.2 Å². The van der Waals surface area contributed by atoms with Gasteiger partial charge < -0.3 is 4.42 Å². The lowest BCUT2D eigenvalue weighted by Crippen LogP contribution is -1.98. The van der Waals surface area contributed by atoms with Gasteiger partial charge in [-0.15, -0.1) is 0 Å². The highest BCUT2D eigenvalue weighted by atomic mass is 16.3. The molecule has 0 spiro atoms. The van der Waals surface area contributed by atoms with Crippen LogP contribution in [0.15, 0.2) is 35.0 Å². The summed E-state index contributed by atoms with van der Waals surface area (Å²) in [5, 5.41) is 0. The summed E-state index contributed by atoms with van der Waals surface area (Å²) < 4.78 is 5.34. The van der Waals surface area contributed by atoms with E-state index in [9.17, 15) is 0 Å². The minimum Gasteiger partial charge on any atom is -0.469 e. The van der Waals surface area contributed by atoms with Gasteiger partial charge in [-0.2, -0.15) is 0 Å². The molecule has 0 aromatic carbocycles. The van der Waals surface area contributed by atoms with Crippen LogP contribution in [0.5, 0.6) is 0 Å². The smallest absolute Gasteiger partial charge is 0.107 e. The van der Waals surface area contributed by atoms with Gasteiger partial charge in [-0.25, -0.2) is 0 Å². The summed E-state index contributed by atoms with van der Waals surface area (Å²) in [6.45, 7) is 0. The Kier molecular flexibility index (Phi) is 1.80. The molecule has 0 N–H and O–H groups in total. The first-order valence-corrected chi connectivity index (χ1v) is 4.15. The van der Waals surface area contributed by atoms with Gasteiger partial charge in [0.25, 0.3) is 0 Å². The van der Waals surface area contributed by atoms with Crippen molar-refractivity contribution in [3.63, 3.8) is 0 Å². The van der Waals surface area contributed by atoms with Crippen LogP contribution < -0.4 is 0 Å². The van der Waals surface area contributed by atoms with E-state index in [4.69, 9.17) is 4.42 Å².